The minimum Gasteiger partial charge on any atom is -0.454 e. The van der Waals surface area contributed by atoms with Crippen molar-refractivity contribution in [3.63, 3.8) is 0 Å². The molecular formula is C14H16ClNO4. The summed E-state index contributed by atoms with van der Waals surface area (Å²) < 4.78 is 10.1. The molecule has 0 bridgehead atoms. The van der Waals surface area contributed by atoms with Crippen molar-refractivity contribution in [3.8, 4) is 0 Å². The van der Waals surface area contributed by atoms with Crippen molar-refractivity contribution < 1.29 is 19.1 Å². The van der Waals surface area contributed by atoms with Gasteiger partial charge in [-0.15, -0.1) is 0 Å². The number of hydrogen-bond donors (Lipinski definition) is 1. The number of halogens is 1. The molecule has 1 amide bonds. The number of hydrogen-bond acceptors (Lipinski definition) is 4. The van der Waals surface area contributed by atoms with Crippen LogP contribution in [0.25, 0.3) is 0 Å². The fraction of sp³-hybridized carbons (Fsp3) is 0.429. The average Bonchev–Trinajstić information content (AvgIpc) is 2.95. The number of esters is 1. The van der Waals surface area contributed by atoms with Gasteiger partial charge in [0.25, 0.3) is 5.91 Å². The highest BCUT2D eigenvalue weighted by molar-refractivity contribution is 6.31. The summed E-state index contributed by atoms with van der Waals surface area (Å²) in [5, 5.41) is 3.22. The van der Waals surface area contributed by atoms with Crippen molar-refractivity contribution in [1.29, 1.82) is 0 Å². The van der Waals surface area contributed by atoms with Crippen molar-refractivity contribution in [2.24, 2.45) is 0 Å². The van der Waals surface area contributed by atoms with E-state index in [2.05, 4.69) is 5.32 Å². The summed E-state index contributed by atoms with van der Waals surface area (Å²) in [4.78, 5) is 23.3. The highest BCUT2D eigenvalue weighted by atomic mass is 35.5. The molecule has 1 heterocycles. The van der Waals surface area contributed by atoms with Gasteiger partial charge in [-0.2, -0.15) is 0 Å². The monoisotopic (exact) mass is 297 g/mol. The Hall–Kier alpha value is -1.59. The Balaban J connectivity index is 1.83. The number of rotatable bonds is 4. The summed E-state index contributed by atoms with van der Waals surface area (Å²) in [6, 6.07) is 5.22. The Labute approximate surface area is 122 Å². The van der Waals surface area contributed by atoms with Crippen LogP contribution in [0, 0.1) is 6.92 Å². The number of anilines is 1. The minimum absolute atomic E-state index is 0.329. The van der Waals surface area contributed by atoms with Gasteiger partial charge < -0.3 is 14.8 Å². The molecule has 1 aromatic carbocycles. The largest absolute Gasteiger partial charge is 0.454 e. The molecule has 0 saturated carbocycles. The van der Waals surface area contributed by atoms with Gasteiger partial charge in [0.05, 0.1) is 0 Å². The maximum absolute atomic E-state index is 11.7. The molecule has 1 fully saturated rings. The van der Waals surface area contributed by atoms with Gasteiger partial charge in [0, 0.05) is 17.3 Å². The quantitative estimate of drug-likeness (QED) is 0.866. The van der Waals surface area contributed by atoms with Gasteiger partial charge in [0.1, 0.15) is 0 Å². The lowest BCUT2D eigenvalue weighted by Crippen LogP contribution is -2.27. The van der Waals surface area contributed by atoms with Crippen molar-refractivity contribution in [3.05, 3.63) is 28.8 Å². The van der Waals surface area contributed by atoms with Crippen LogP contribution in [0.2, 0.25) is 5.02 Å². The molecule has 2 rings (SSSR count). The molecule has 20 heavy (non-hydrogen) atoms. The molecule has 5 nitrogen and oxygen atoms in total. The Bertz CT molecular complexity index is 512. The molecule has 6 heteroatoms. The van der Waals surface area contributed by atoms with E-state index in [0.717, 1.165) is 12.0 Å². The molecule has 1 aromatic rings. The minimum atomic E-state index is -0.532. The van der Waals surface area contributed by atoms with E-state index in [4.69, 9.17) is 21.1 Å². The first-order valence-corrected chi connectivity index (χ1v) is 6.79. The van der Waals surface area contributed by atoms with Gasteiger partial charge in [0.2, 0.25) is 0 Å². The second kappa shape index (κ2) is 6.72. The molecule has 0 radical (unpaired) electrons. The fourth-order valence-electron chi connectivity index (χ4n) is 1.92. The smallest absolute Gasteiger partial charge is 0.335 e. The summed E-state index contributed by atoms with van der Waals surface area (Å²) in [6.45, 7) is 2.04. The van der Waals surface area contributed by atoms with E-state index in [9.17, 15) is 9.59 Å². The summed E-state index contributed by atoms with van der Waals surface area (Å²) in [6.07, 6.45) is 0.956. The highest BCUT2D eigenvalue weighted by Crippen LogP contribution is 2.22. The molecule has 0 aliphatic carbocycles. The molecule has 0 unspecified atom stereocenters. The van der Waals surface area contributed by atoms with E-state index in [1.165, 1.54) is 0 Å². The number of ether oxygens (including phenoxy) is 2. The third kappa shape index (κ3) is 3.71. The predicted molar refractivity (Wildman–Crippen MR) is 74.8 cm³/mol. The lowest BCUT2D eigenvalue weighted by molar-refractivity contribution is -0.156. The molecule has 1 aliphatic rings. The van der Waals surface area contributed by atoms with Crippen LogP contribution in [0.4, 0.5) is 5.69 Å². The summed E-state index contributed by atoms with van der Waals surface area (Å²) >= 11 is 5.96. The number of carbonyl (C=O) groups is 2. The van der Waals surface area contributed by atoms with Gasteiger partial charge in [0.15, 0.2) is 12.7 Å². The summed E-state index contributed by atoms with van der Waals surface area (Å²) in [7, 11) is 0. The van der Waals surface area contributed by atoms with E-state index in [1.54, 1.807) is 25.1 Å². The molecule has 0 spiro atoms. The Morgan fingerprint density at radius 1 is 1.50 bits per heavy atom. The maximum atomic E-state index is 11.7. The van der Waals surface area contributed by atoms with Crippen LogP contribution in [0.3, 0.4) is 0 Å². The first-order chi connectivity index (χ1) is 9.58. The highest BCUT2D eigenvalue weighted by Gasteiger charge is 2.25. The normalized spacial score (nSPS) is 17.8. The topological polar surface area (TPSA) is 64.6 Å². The fourth-order valence-corrected chi connectivity index (χ4v) is 2.10. The van der Waals surface area contributed by atoms with Crippen LogP contribution in [0.5, 0.6) is 0 Å². The zero-order valence-electron chi connectivity index (χ0n) is 11.1. The van der Waals surface area contributed by atoms with Gasteiger partial charge in [-0.3, -0.25) is 4.79 Å². The Morgan fingerprint density at radius 2 is 2.30 bits per heavy atom. The van der Waals surface area contributed by atoms with Crippen LogP contribution in [-0.4, -0.2) is 31.2 Å². The van der Waals surface area contributed by atoms with E-state index >= 15 is 0 Å². The summed E-state index contributed by atoms with van der Waals surface area (Å²) in [5.74, 6) is -0.887. The predicted octanol–water partition coefficient (Wildman–Crippen LogP) is 2.31. The lowest BCUT2D eigenvalue weighted by atomic mass is 10.2. The third-order valence-corrected chi connectivity index (χ3v) is 3.49. The van der Waals surface area contributed by atoms with Crippen molar-refractivity contribution in [2.75, 3.05) is 18.5 Å². The standard InChI is InChI=1S/C14H16ClNO4/c1-9-10(15)4-2-5-11(9)16-13(17)8-20-14(18)12-6-3-7-19-12/h2,4-5,12H,3,6-8H2,1H3,(H,16,17)/t12-/m0/s1. The summed E-state index contributed by atoms with van der Waals surface area (Å²) in [5.41, 5.74) is 1.38. The molecule has 108 valence electrons. The molecule has 1 aliphatic heterocycles. The first-order valence-electron chi connectivity index (χ1n) is 6.41. The van der Waals surface area contributed by atoms with Gasteiger partial charge in [-0.25, -0.2) is 4.79 Å². The molecule has 1 N–H and O–H groups in total. The van der Waals surface area contributed by atoms with Crippen LogP contribution < -0.4 is 5.32 Å². The van der Waals surface area contributed by atoms with Crippen LogP contribution >= 0.6 is 11.6 Å². The number of amides is 1. The zero-order valence-corrected chi connectivity index (χ0v) is 11.9. The number of nitrogens with one attached hydrogen (secondary N) is 1. The Kier molecular flexibility index (Phi) is 4.98. The van der Waals surface area contributed by atoms with Crippen molar-refractivity contribution in [2.45, 2.75) is 25.9 Å². The maximum Gasteiger partial charge on any atom is 0.335 e. The van der Waals surface area contributed by atoms with Crippen LogP contribution in [-0.2, 0) is 19.1 Å². The van der Waals surface area contributed by atoms with Crippen LogP contribution in [0.15, 0.2) is 18.2 Å². The van der Waals surface area contributed by atoms with E-state index in [1.807, 2.05) is 0 Å². The van der Waals surface area contributed by atoms with E-state index in [0.29, 0.717) is 23.7 Å². The average molecular weight is 298 g/mol. The lowest BCUT2D eigenvalue weighted by Gasteiger charge is -2.11. The first kappa shape index (κ1) is 14.8. The van der Waals surface area contributed by atoms with Crippen molar-refractivity contribution in [1.82, 2.24) is 0 Å². The molecule has 0 aromatic heterocycles. The van der Waals surface area contributed by atoms with E-state index in [-0.39, 0.29) is 6.61 Å². The molecular weight excluding hydrogens is 282 g/mol. The van der Waals surface area contributed by atoms with Crippen molar-refractivity contribution >= 4 is 29.2 Å². The second-order valence-electron chi connectivity index (χ2n) is 4.57. The zero-order chi connectivity index (χ0) is 14.5. The number of carbonyl (C=O) groups excluding carboxylic acids is 2. The second-order valence-corrected chi connectivity index (χ2v) is 4.98. The Morgan fingerprint density at radius 3 is 3.00 bits per heavy atom. The van der Waals surface area contributed by atoms with E-state index < -0.39 is 18.0 Å². The van der Waals surface area contributed by atoms with Gasteiger partial charge >= 0.3 is 5.97 Å². The molecule has 1 atom stereocenters. The SMILES string of the molecule is Cc1c(Cl)cccc1NC(=O)COC(=O)[C@@H]1CCCO1. The van der Waals surface area contributed by atoms with Gasteiger partial charge in [-0.05, 0) is 37.5 Å². The third-order valence-electron chi connectivity index (χ3n) is 3.08. The molecule has 1 saturated heterocycles. The van der Waals surface area contributed by atoms with Crippen LogP contribution in [0.1, 0.15) is 18.4 Å². The van der Waals surface area contributed by atoms with Gasteiger partial charge in [-0.1, -0.05) is 17.7 Å². The number of benzene rings is 1.